The Kier molecular flexibility index (Phi) is 13.2. The lowest BCUT2D eigenvalue weighted by Crippen LogP contribution is -2.01. The molecule has 0 saturated carbocycles. The summed E-state index contributed by atoms with van der Waals surface area (Å²) in [6.45, 7) is 5.09. The molecular formula is C19H24Cl5NO3. The number of rotatable bonds is 13. The van der Waals surface area contributed by atoms with Gasteiger partial charge in [0.05, 0.1) is 17.3 Å². The Morgan fingerprint density at radius 2 is 1.57 bits per heavy atom. The fourth-order valence-electron chi connectivity index (χ4n) is 2.14. The molecule has 0 aromatic heterocycles. The van der Waals surface area contributed by atoms with Crippen LogP contribution in [0.3, 0.4) is 0 Å². The minimum absolute atomic E-state index is 0.102. The van der Waals surface area contributed by atoms with Gasteiger partial charge in [-0.3, -0.25) is 0 Å². The molecule has 4 nitrogen and oxygen atoms in total. The highest BCUT2D eigenvalue weighted by atomic mass is 35.5. The fourth-order valence-corrected chi connectivity index (χ4v) is 3.00. The van der Waals surface area contributed by atoms with Crippen LogP contribution in [0.15, 0.2) is 21.8 Å². The van der Waals surface area contributed by atoms with E-state index in [0.717, 1.165) is 37.8 Å². The highest BCUT2D eigenvalue weighted by Crippen LogP contribution is 2.44. The number of benzene rings is 1. The van der Waals surface area contributed by atoms with Crippen LogP contribution in [-0.4, -0.2) is 25.5 Å². The van der Waals surface area contributed by atoms with E-state index in [2.05, 4.69) is 5.16 Å². The Morgan fingerprint density at radius 1 is 0.929 bits per heavy atom. The third kappa shape index (κ3) is 10.3. The minimum atomic E-state index is 0.102. The maximum atomic E-state index is 6.26. The summed E-state index contributed by atoms with van der Waals surface area (Å²) in [5.41, 5.74) is 0.922. The summed E-state index contributed by atoms with van der Waals surface area (Å²) in [5, 5.41) is 4.67. The molecule has 0 bridgehead atoms. The van der Waals surface area contributed by atoms with Crippen LogP contribution in [0.4, 0.5) is 0 Å². The predicted molar refractivity (Wildman–Crippen MR) is 120 cm³/mol. The highest BCUT2D eigenvalue weighted by Gasteiger charge is 2.17. The van der Waals surface area contributed by atoms with E-state index in [1.165, 1.54) is 6.08 Å². The largest absolute Gasteiger partial charge is 0.490 e. The van der Waals surface area contributed by atoms with Gasteiger partial charge in [-0.25, -0.2) is 0 Å². The molecule has 0 amide bonds. The minimum Gasteiger partial charge on any atom is -0.490 e. The molecule has 0 unspecified atom stereocenters. The van der Waals surface area contributed by atoms with Gasteiger partial charge in [0.1, 0.15) is 33.5 Å². The average Bonchev–Trinajstić information content (AvgIpc) is 2.62. The molecule has 0 atom stereocenters. The summed E-state index contributed by atoms with van der Waals surface area (Å²) < 4.78 is 11.3. The summed E-state index contributed by atoms with van der Waals surface area (Å²) in [4.78, 5) is 5.16. The van der Waals surface area contributed by atoms with Crippen molar-refractivity contribution in [2.45, 2.75) is 46.0 Å². The van der Waals surface area contributed by atoms with Crippen molar-refractivity contribution in [3.63, 3.8) is 0 Å². The molecule has 0 heterocycles. The van der Waals surface area contributed by atoms with E-state index in [1.807, 2.05) is 13.8 Å². The maximum absolute atomic E-state index is 6.26. The van der Waals surface area contributed by atoms with E-state index in [1.54, 1.807) is 6.07 Å². The van der Waals surface area contributed by atoms with Crippen LogP contribution in [0.25, 0.3) is 0 Å². The Hall–Kier alpha value is -0.520. The smallest absolute Gasteiger partial charge is 0.158 e. The van der Waals surface area contributed by atoms with Crippen molar-refractivity contribution in [1.82, 2.24) is 0 Å². The molecule has 0 saturated heterocycles. The van der Waals surface area contributed by atoms with Crippen molar-refractivity contribution < 1.29 is 14.3 Å². The molecule has 28 heavy (non-hydrogen) atoms. The van der Waals surface area contributed by atoms with Gasteiger partial charge in [0.25, 0.3) is 0 Å². The number of hydrogen-bond acceptors (Lipinski definition) is 4. The number of halogens is 5. The molecule has 0 fully saturated rings. The third-order valence-corrected chi connectivity index (χ3v) is 4.86. The van der Waals surface area contributed by atoms with Crippen molar-refractivity contribution in [1.29, 1.82) is 0 Å². The average molecular weight is 492 g/mol. The monoisotopic (exact) mass is 489 g/mol. The number of ether oxygens (including phenoxy) is 2. The normalized spacial score (nSPS) is 10.4. The van der Waals surface area contributed by atoms with Gasteiger partial charge in [-0.2, -0.15) is 0 Å². The lowest BCUT2D eigenvalue weighted by atomic mass is 10.1. The molecule has 9 heteroatoms. The number of unbranched alkanes of at least 4 members (excludes halogenated alkanes) is 4. The van der Waals surface area contributed by atoms with Gasteiger partial charge in [0, 0.05) is 6.07 Å². The predicted octanol–water partition coefficient (Wildman–Crippen LogP) is 8.09. The van der Waals surface area contributed by atoms with Gasteiger partial charge in [-0.15, -0.1) is 0 Å². The van der Waals surface area contributed by atoms with Gasteiger partial charge in [0.2, 0.25) is 0 Å². The lowest BCUT2D eigenvalue weighted by Gasteiger charge is -2.14. The molecule has 1 aromatic carbocycles. The zero-order chi connectivity index (χ0) is 20.9. The molecule has 0 aliphatic rings. The number of nitrogens with zero attached hydrogens (tertiary/aromatic N) is 1. The fraction of sp³-hybridized carbons (Fsp3) is 0.526. The first kappa shape index (κ1) is 25.5. The van der Waals surface area contributed by atoms with Gasteiger partial charge in [-0.1, -0.05) is 76.0 Å². The quantitative estimate of drug-likeness (QED) is 0.121. The van der Waals surface area contributed by atoms with Crippen LogP contribution >= 0.6 is 58.0 Å². The summed E-state index contributed by atoms with van der Waals surface area (Å²) in [5.74, 6) is 0.687. The maximum Gasteiger partial charge on any atom is 0.158 e. The Labute approximate surface area is 191 Å². The summed E-state index contributed by atoms with van der Waals surface area (Å²) >= 11 is 29.8. The lowest BCUT2D eigenvalue weighted by molar-refractivity contribution is 0.139. The molecule has 1 rings (SSSR count). The van der Waals surface area contributed by atoms with Crippen LogP contribution in [-0.2, 0) is 4.84 Å². The van der Waals surface area contributed by atoms with Gasteiger partial charge in [0.15, 0.2) is 5.75 Å². The van der Waals surface area contributed by atoms with E-state index in [0.29, 0.717) is 29.7 Å². The van der Waals surface area contributed by atoms with Crippen molar-refractivity contribution in [3.05, 3.63) is 31.7 Å². The van der Waals surface area contributed by atoms with Crippen molar-refractivity contribution >= 4 is 63.7 Å². The van der Waals surface area contributed by atoms with Gasteiger partial charge in [-0.05, 0) is 39.2 Å². The molecule has 0 aliphatic carbocycles. The van der Waals surface area contributed by atoms with E-state index < -0.39 is 0 Å². The number of oxime groups is 1. The van der Waals surface area contributed by atoms with Crippen molar-refractivity contribution in [2.24, 2.45) is 5.16 Å². The molecule has 0 radical (unpaired) electrons. The van der Waals surface area contributed by atoms with Crippen LogP contribution in [0.5, 0.6) is 11.5 Å². The first-order valence-corrected chi connectivity index (χ1v) is 10.8. The van der Waals surface area contributed by atoms with Gasteiger partial charge < -0.3 is 14.3 Å². The second-order valence-electron chi connectivity index (χ2n) is 6.11. The second kappa shape index (κ2) is 14.5. The number of hydrogen-bond donors (Lipinski definition) is 0. The van der Waals surface area contributed by atoms with Crippen LogP contribution in [0.1, 0.15) is 46.0 Å². The van der Waals surface area contributed by atoms with Crippen LogP contribution in [0.2, 0.25) is 15.1 Å². The molecule has 1 aromatic rings. The topological polar surface area (TPSA) is 40.0 Å². The Balaban J connectivity index is 2.35. The van der Waals surface area contributed by atoms with Crippen LogP contribution in [0, 0.1) is 0 Å². The second-order valence-corrected chi connectivity index (χ2v) is 8.28. The SMILES string of the molecule is CC(C)=NOCCCCCCCOc1c(Cl)cc(OCC=C(Cl)Cl)c(Cl)c1Cl. The Bertz CT molecular complexity index is 672. The molecule has 0 spiro atoms. The van der Waals surface area contributed by atoms with E-state index in [-0.39, 0.29) is 21.1 Å². The standard InChI is InChI=1S/C19H24Cl5NO3/c1-13(2)25-28-10-7-5-3-4-6-9-27-19-14(20)12-15(17(23)18(19)24)26-11-8-16(21)22/h8,12H,3-7,9-11H2,1-2H3. The molecule has 0 aliphatic heterocycles. The van der Waals surface area contributed by atoms with Crippen molar-refractivity contribution in [3.8, 4) is 11.5 Å². The molecule has 158 valence electrons. The zero-order valence-electron chi connectivity index (χ0n) is 15.9. The Morgan fingerprint density at radius 3 is 2.21 bits per heavy atom. The summed E-state index contributed by atoms with van der Waals surface area (Å²) in [6, 6.07) is 1.56. The van der Waals surface area contributed by atoms with E-state index in [9.17, 15) is 0 Å². The van der Waals surface area contributed by atoms with Crippen molar-refractivity contribution in [2.75, 3.05) is 19.8 Å². The summed E-state index contributed by atoms with van der Waals surface area (Å²) in [7, 11) is 0. The van der Waals surface area contributed by atoms with Gasteiger partial charge >= 0.3 is 0 Å². The van der Waals surface area contributed by atoms with Crippen LogP contribution < -0.4 is 9.47 Å². The van der Waals surface area contributed by atoms with E-state index >= 15 is 0 Å². The third-order valence-electron chi connectivity index (χ3n) is 3.43. The van der Waals surface area contributed by atoms with E-state index in [4.69, 9.17) is 72.3 Å². The highest BCUT2D eigenvalue weighted by molar-refractivity contribution is 6.55. The zero-order valence-corrected chi connectivity index (χ0v) is 19.7. The molecular weight excluding hydrogens is 467 g/mol. The first-order chi connectivity index (χ1) is 13.3. The summed E-state index contributed by atoms with van der Waals surface area (Å²) in [6.07, 6.45) is 6.55. The molecule has 0 N–H and O–H groups in total. The first-order valence-electron chi connectivity index (χ1n) is 8.90.